The summed E-state index contributed by atoms with van der Waals surface area (Å²) in [5, 5.41) is 22.0. The van der Waals surface area contributed by atoms with Crippen molar-refractivity contribution in [1.29, 1.82) is 0 Å². The van der Waals surface area contributed by atoms with Crippen LogP contribution >= 0.6 is 11.6 Å². The molecule has 3 nitrogen and oxygen atoms in total. The summed E-state index contributed by atoms with van der Waals surface area (Å²) in [6, 6.07) is 6.31. The van der Waals surface area contributed by atoms with E-state index in [0.717, 1.165) is 17.9 Å². The van der Waals surface area contributed by atoms with Gasteiger partial charge in [0, 0.05) is 17.6 Å². The minimum Gasteiger partial charge on any atom is -0.394 e. The van der Waals surface area contributed by atoms with Crippen molar-refractivity contribution < 1.29 is 10.2 Å². The van der Waals surface area contributed by atoms with Crippen LogP contribution in [0.5, 0.6) is 0 Å². The molecule has 2 rings (SSSR count). The largest absolute Gasteiger partial charge is 0.394 e. The third kappa shape index (κ3) is 2.74. The maximum atomic E-state index is 9.25. The van der Waals surface area contributed by atoms with Crippen LogP contribution < -0.4 is 5.32 Å². The fraction of sp³-hybridized carbons (Fsp3) is 0.500. The van der Waals surface area contributed by atoms with Gasteiger partial charge < -0.3 is 15.5 Å². The summed E-state index contributed by atoms with van der Waals surface area (Å²) in [7, 11) is 0. The molecule has 0 bridgehead atoms. The molecule has 4 heteroatoms. The van der Waals surface area contributed by atoms with Crippen LogP contribution in [0.25, 0.3) is 0 Å². The topological polar surface area (TPSA) is 52.5 Å². The minimum absolute atomic E-state index is 0.196. The highest BCUT2D eigenvalue weighted by molar-refractivity contribution is 6.30. The Morgan fingerprint density at radius 3 is 2.88 bits per heavy atom. The standard InChI is InChI=1S/C12H16ClNO2/c13-10-2-1-8-4-11(5-9(8)3-10)14-6-12(16)7-15/h1-3,11-12,14-16H,4-7H2. The average molecular weight is 242 g/mol. The first kappa shape index (κ1) is 11.9. The Hall–Kier alpha value is -0.610. The summed E-state index contributed by atoms with van der Waals surface area (Å²) in [6.07, 6.45) is 1.23. The summed E-state index contributed by atoms with van der Waals surface area (Å²) in [6.45, 7) is 0.237. The predicted molar refractivity (Wildman–Crippen MR) is 63.7 cm³/mol. The summed E-state index contributed by atoms with van der Waals surface area (Å²) in [5.41, 5.74) is 2.60. The number of benzene rings is 1. The number of aliphatic hydroxyl groups excluding tert-OH is 2. The van der Waals surface area contributed by atoms with Crippen LogP contribution in [-0.2, 0) is 12.8 Å². The van der Waals surface area contributed by atoms with Crippen molar-refractivity contribution in [3.63, 3.8) is 0 Å². The van der Waals surface area contributed by atoms with Gasteiger partial charge in [-0.3, -0.25) is 0 Å². The fourth-order valence-corrected chi connectivity index (χ4v) is 2.29. The first-order valence-corrected chi connectivity index (χ1v) is 5.86. The number of nitrogens with one attached hydrogen (secondary N) is 1. The Labute approximate surface area is 100 Å². The Balaban J connectivity index is 1.90. The molecule has 0 amide bonds. The Bertz CT molecular complexity index is 370. The van der Waals surface area contributed by atoms with Crippen molar-refractivity contribution in [3.05, 3.63) is 34.3 Å². The second-order valence-corrected chi connectivity index (χ2v) is 4.70. The second kappa shape index (κ2) is 5.15. The SMILES string of the molecule is OCC(O)CNC1Cc2ccc(Cl)cc2C1. The van der Waals surface area contributed by atoms with Crippen molar-refractivity contribution in [2.45, 2.75) is 25.0 Å². The van der Waals surface area contributed by atoms with E-state index in [2.05, 4.69) is 11.4 Å². The third-order valence-corrected chi connectivity index (χ3v) is 3.19. The number of fused-ring (bicyclic) bond motifs is 1. The van der Waals surface area contributed by atoms with Gasteiger partial charge in [0.15, 0.2) is 0 Å². The van der Waals surface area contributed by atoms with E-state index in [1.165, 1.54) is 11.1 Å². The number of rotatable bonds is 4. The average Bonchev–Trinajstić information content (AvgIpc) is 2.67. The molecule has 0 saturated heterocycles. The highest BCUT2D eigenvalue weighted by atomic mass is 35.5. The molecule has 16 heavy (non-hydrogen) atoms. The van der Waals surface area contributed by atoms with E-state index in [0.29, 0.717) is 12.6 Å². The molecular formula is C12H16ClNO2. The van der Waals surface area contributed by atoms with E-state index < -0.39 is 6.10 Å². The van der Waals surface area contributed by atoms with E-state index in [1.54, 1.807) is 0 Å². The summed E-state index contributed by atoms with van der Waals surface area (Å²) < 4.78 is 0. The Morgan fingerprint density at radius 2 is 2.12 bits per heavy atom. The lowest BCUT2D eigenvalue weighted by Crippen LogP contribution is -2.37. The van der Waals surface area contributed by atoms with Gasteiger partial charge in [0.25, 0.3) is 0 Å². The summed E-state index contributed by atoms with van der Waals surface area (Å²) in [5.74, 6) is 0. The molecule has 1 aliphatic rings. The van der Waals surface area contributed by atoms with Gasteiger partial charge >= 0.3 is 0 Å². The van der Waals surface area contributed by atoms with Gasteiger partial charge in [0.1, 0.15) is 0 Å². The molecule has 0 aromatic heterocycles. The molecule has 1 aromatic carbocycles. The maximum absolute atomic E-state index is 9.25. The maximum Gasteiger partial charge on any atom is 0.0895 e. The van der Waals surface area contributed by atoms with Gasteiger partial charge in [0.2, 0.25) is 0 Å². The molecule has 0 radical (unpaired) electrons. The number of hydrogen-bond acceptors (Lipinski definition) is 3. The van der Waals surface area contributed by atoms with Crippen molar-refractivity contribution in [1.82, 2.24) is 5.32 Å². The lowest BCUT2D eigenvalue weighted by molar-refractivity contribution is 0.0921. The molecule has 1 aliphatic carbocycles. The molecule has 0 fully saturated rings. The summed E-state index contributed by atoms with van der Waals surface area (Å²) >= 11 is 5.93. The van der Waals surface area contributed by atoms with Crippen molar-refractivity contribution >= 4 is 11.6 Å². The van der Waals surface area contributed by atoms with Crippen LogP contribution in [0, 0.1) is 0 Å². The molecule has 0 heterocycles. The van der Waals surface area contributed by atoms with Gasteiger partial charge in [-0.05, 0) is 36.1 Å². The molecule has 0 saturated carbocycles. The number of halogens is 1. The van der Waals surface area contributed by atoms with Gasteiger partial charge in [-0.2, -0.15) is 0 Å². The van der Waals surface area contributed by atoms with Gasteiger partial charge in [0.05, 0.1) is 12.7 Å². The molecular weight excluding hydrogens is 226 g/mol. The van der Waals surface area contributed by atoms with Crippen LogP contribution in [0.1, 0.15) is 11.1 Å². The normalized spacial score (nSPS) is 20.8. The first-order valence-electron chi connectivity index (χ1n) is 5.48. The van der Waals surface area contributed by atoms with E-state index in [9.17, 15) is 5.11 Å². The first-order chi connectivity index (χ1) is 7.69. The molecule has 0 aliphatic heterocycles. The van der Waals surface area contributed by atoms with Crippen LogP contribution in [0.3, 0.4) is 0 Å². The molecule has 2 unspecified atom stereocenters. The predicted octanol–water partition coefficient (Wildman–Crippen LogP) is 0.750. The highest BCUT2D eigenvalue weighted by Crippen LogP contribution is 2.25. The molecule has 2 atom stereocenters. The van der Waals surface area contributed by atoms with Gasteiger partial charge in [-0.1, -0.05) is 17.7 Å². The van der Waals surface area contributed by atoms with E-state index in [4.69, 9.17) is 16.7 Å². The van der Waals surface area contributed by atoms with Gasteiger partial charge in [-0.15, -0.1) is 0 Å². The van der Waals surface area contributed by atoms with Crippen LogP contribution in [0.4, 0.5) is 0 Å². The summed E-state index contributed by atoms with van der Waals surface area (Å²) in [4.78, 5) is 0. The van der Waals surface area contributed by atoms with Crippen molar-refractivity contribution in [3.8, 4) is 0 Å². The van der Waals surface area contributed by atoms with E-state index in [1.807, 2.05) is 12.1 Å². The number of hydrogen-bond donors (Lipinski definition) is 3. The number of aliphatic hydroxyl groups is 2. The molecule has 88 valence electrons. The van der Waals surface area contributed by atoms with Crippen molar-refractivity contribution in [2.75, 3.05) is 13.2 Å². The fourth-order valence-electron chi connectivity index (χ4n) is 2.10. The lowest BCUT2D eigenvalue weighted by Gasteiger charge is -2.14. The Morgan fingerprint density at radius 1 is 1.38 bits per heavy atom. The zero-order valence-electron chi connectivity index (χ0n) is 8.99. The molecule has 3 N–H and O–H groups in total. The highest BCUT2D eigenvalue weighted by Gasteiger charge is 2.21. The third-order valence-electron chi connectivity index (χ3n) is 2.95. The minimum atomic E-state index is -0.674. The monoisotopic (exact) mass is 241 g/mol. The van der Waals surface area contributed by atoms with Crippen LogP contribution in [-0.4, -0.2) is 35.5 Å². The lowest BCUT2D eigenvalue weighted by atomic mass is 10.1. The Kier molecular flexibility index (Phi) is 3.82. The van der Waals surface area contributed by atoms with E-state index >= 15 is 0 Å². The zero-order chi connectivity index (χ0) is 11.5. The van der Waals surface area contributed by atoms with Crippen LogP contribution in [0.2, 0.25) is 5.02 Å². The quantitative estimate of drug-likeness (QED) is 0.729. The van der Waals surface area contributed by atoms with Gasteiger partial charge in [-0.25, -0.2) is 0 Å². The van der Waals surface area contributed by atoms with Crippen molar-refractivity contribution in [2.24, 2.45) is 0 Å². The molecule has 1 aromatic rings. The van der Waals surface area contributed by atoms with Crippen LogP contribution in [0.15, 0.2) is 18.2 Å². The smallest absolute Gasteiger partial charge is 0.0895 e. The van der Waals surface area contributed by atoms with E-state index in [-0.39, 0.29) is 6.61 Å². The molecule has 0 spiro atoms. The second-order valence-electron chi connectivity index (χ2n) is 4.26. The zero-order valence-corrected chi connectivity index (χ0v) is 9.74.